The Balaban J connectivity index is 1.83. The predicted molar refractivity (Wildman–Crippen MR) is 98.0 cm³/mol. The van der Waals surface area contributed by atoms with E-state index >= 15 is 0 Å². The summed E-state index contributed by atoms with van der Waals surface area (Å²) in [7, 11) is 0. The zero-order chi connectivity index (χ0) is 14.9. The normalized spacial score (nSPS) is 17.6. The van der Waals surface area contributed by atoms with Crippen molar-refractivity contribution in [3.63, 3.8) is 0 Å². The van der Waals surface area contributed by atoms with Crippen LogP contribution in [0.3, 0.4) is 0 Å². The molecule has 0 saturated carbocycles. The molecule has 4 rings (SSSR count). The van der Waals surface area contributed by atoms with E-state index in [1.54, 1.807) is 5.56 Å². The van der Waals surface area contributed by atoms with Crippen LogP contribution in [0.2, 0.25) is 0 Å². The molecule has 0 radical (unpaired) electrons. The van der Waals surface area contributed by atoms with E-state index in [-0.39, 0.29) is 0 Å². The van der Waals surface area contributed by atoms with Crippen molar-refractivity contribution in [3.05, 3.63) is 60.2 Å². The first-order chi connectivity index (χ1) is 10.9. The minimum Gasteiger partial charge on any atom is -0.336 e. The van der Waals surface area contributed by atoms with Crippen LogP contribution < -0.4 is 0 Å². The van der Waals surface area contributed by atoms with Crippen LogP contribution in [0.4, 0.5) is 0 Å². The molecule has 2 heterocycles. The number of aromatic nitrogens is 1. The number of aryl methyl sites for hydroxylation is 1. The molecule has 2 aromatic carbocycles. The monoisotopic (exact) mass is 325 g/mol. The van der Waals surface area contributed by atoms with Crippen molar-refractivity contribution in [2.75, 3.05) is 5.75 Å². The maximum absolute atomic E-state index is 2.49. The standard InChI is InChI=1S/C19H19NS2/c1-2-20-16-11-7-6-10-15(16)18-17(12-13-21-19(18)20)22-14-8-4-3-5-9-14/h3-11,17H,2,12-13H2,1H3. The molecule has 0 aliphatic carbocycles. The summed E-state index contributed by atoms with van der Waals surface area (Å²) in [5.41, 5.74) is 2.95. The highest BCUT2D eigenvalue weighted by molar-refractivity contribution is 8.01. The SMILES string of the molecule is CCn1c2c(c3ccccc31)C(Sc1ccccc1)CCS2. The summed E-state index contributed by atoms with van der Waals surface area (Å²) in [6.45, 7) is 3.30. The third-order valence-electron chi connectivity index (χ3n) is 4.24. The summed E-state index contributed by atoms with van der Waals surface area (Å²) >= 11 is 4.05. The number of para-hydroxylation sites is 1. The highest BCUT2D eigenvalue weighted by atomic mass is 32.2. The van der Waals surface area contributed by atoms with Crippen LogP contribution in [0.15, 0.2) is 64.5 Å². The predicted octanol–water partition coefficient (Wildman–Crippen LogP) is 5.99. The van der Waals surface area contributed by atoms with Crippen LogP contribution in [-0.4, -0.2) is 10.3 Å². The van der Waals surface area contributed by atoms with Crippen LogP contribution in [0.5, 0.6) is 0 Å². The zero-order valence-electron chi connectivity index (χ0n) is 12.7. The van der Waals surface area contributed by atoms with E-state index in [2.05, 4.69) is 66.1 Å². The van der Waals surface area contributed by atoms with Gasteiger partial charge in [0.2, 0.25) is 0 Å². The van der Waals surface area contributed by atoms with Crippen LogP contribution in [-0.2, 0) is 6.54 Å². The number of benzene rings is 2. The van der Waals surface area contributed by atoms with E-state index in [0.29, 0.717) is 5.25 Å². The number of fused-ring (bicyclic) bond motifs is 3. The fraction of sp³-hybridized carbons (Fsp3) is 0.263. The highest BCUT2D eigenvalue weighted by Crippen LogP contribution is 2.50. The van der Waals surface area contributed by atoms with Crippen LogP contribution in [0.1, 0.15) is 24.2 Å². The molecule has 0 N–H and O–H groups in total. The molecular formula is C19H19NS2. The third kappa shape index (κ3) is 2.37. The topological polar surface area (TPSA) is 4.93 Å². The lowest BCUT2D eigenvalue weighted by molar-refractivity contribution is 0.702. The molecule has 1 aromatic heterocycles. The fourth-order valence-electron chi connectivity index (χ4n) is 3.28. The van der Waals surface area contributed by atoms with Gasteiger partial charge >= 0.3 is 0 Å². The Bertz CT molecular complexity index is 792. The van der Waals surface area contributed by atoms with Gasteiger partial charge in [-0.25, -0.2) is 0 Å². The van der Waals surface area contributed by atoms with Crippen molar-refractivity contribution in [3.8, 4) is 0 Å². The lowest BCUT2D eigenvalue weighted by Gasteiger charge is -2.23. The Hall–Kier alpha value is -1.32. The van der Waals surface area contributed by atoms with Crippen LogP contribution in [0.25, 0.3) is 10.9 Å². The first kappa shape index (κ1) is 14.3. The Morgan fingerprint density at radius 2 is 1.86 bits per heavy atom. The molecule has 3 aromatic rings. The molecule has 0 saturated heterocycles. The summed E-state index contributed by atoms with van der Waals surface area (Å²) in [5.74, 6) is 1.22. The summed E-state index contributed by atoms with van der Waals surface area (Å²) in [5, 5.41) is 3.50. The van der Waals surface area contributed by atoms with Gasteiger partial charge in [-0.3, -0.25) is 0 Å². The number of hydrogen-bond donors (Lipinski definition) is 0. The van der Waals surface area contributed by atoms with Crippen molar-refractivity contribution >= 4 is 34.4 Å². The number of nitrogens with zero attached hydrogens (tertiary/aromatic N) is 1. The van der Waals surface area contributed by atoms with Gasteiger partial charge < -0.3 is 4.57 Å². The van der Waals surface area contributed by atoms with E-state index in [4.69, 9.17) is 0 Å². The van der Waals surface area contributed by atoms with Gasteiger partial charge in [0, 0.05) is 38.9 Å². The van der Waals surface area contributed by atoms with Crippen LogP contribution in [0, 0.1) is 0 Å². The van der Waals surface area contributed by atoms with E-state index < -0.39 is 0 Å². The third-order valence-corrected chi connectivity index (χ3v) is 6.69. The smallest absolute Gasteiger partial charge is 0.0803 e. The number of hydrogen-bond acceptors (Lipinski definition) is 2. The minimum atomic E-state index is 0.566. The highest BCUT2D eigenvalue weighted by Gasteiger charge is 2.28. The Morgan fingerprint density at radius 3 is 2.68 bits per heavy atom. The molecule has 1 nitrogen and oxygen atoms in total. The Kier molecular flexibility index (Phi) is 3.93. The molecular weight excluding hydrogens is 306 g/mol. The molecule has 1 unspecified atom stereocenters. The molecule has 112 valence electrons. The van der Waals surface area contributed by atoms with E-state index in [1.807, 2.05) is 23.5 Å². The number of thioether (sulfide) groups is 2. The van der Waals surface area contributed by atoms with Gasteiger partial charge in [-0.15, -0.1) is 23.5 Å². The van der Waals surface area contributed by atoms with Gasteiger partial charge in [0.15, 0.2) is 0 Å². The molecule has 1 aliphatic rings. The molecule has 3 heteroatoms. The summed E-state index contributed by atoms with van der Waals surface area (Å²) in [6, 6.07) is 19.7. The van der Waals surface area contributed by atoms with Crippen molar-refractivity contribution in [1.82, 2.24) is 4.57 Å². The average Bonchev–Trinajstić information content (AvgIpc) is 2.90. The second kappa shape index (κ2) is 6.05. The molecule has 1 aliphatic heterocycles. The van der Waals surface area contributed by atoms with Gasteiger partial charge in [-0.2, -0.15) is 0 Å². The van der Waals surface area contributed by atoms with Gasteiger partial charge in [-0.05, 0) is 31.5 Å². The van der Waals surface area contributed by atoms with Crippen LogP contribution >= 0.6 is 23.5 Å². The van der Waals surface area contributed by atoms with Crippen molar-refractivity contribution in [2.45, 2.75) is 35.1 Å². The molecule has 0 fully saturated rings. The Labute approximate surface area is 140 Å². The molecule has 0 spiro atoms. The summed E-state index contributed by atoms with van der Waals surface area (Å²) in [6.07, 6.45) is 1.24. The summed E-state index contributed by atoms with van der Waals surface area (Å²) in [4.78, 5) is 1.37. The second-order valence-electron chi connectivity index (χ2n) is 5.54. The fourth-order valence-corrected chi connectivity index (χ4v) is 6.07. The van der Waals surface area contributed by atoms with Gasteiger partial charge in [0.1, 0.15) is 0 Å². The Morgan fingerprint density at radius 1 is 1.09 bits per heavy atom. The lowest BCUT2D eigenvalue weighted by atomic mass is 10.1. The van der Waals surface area contributed by atoms with Gasteiger partial charge in [0.05, 0.1) is 5.03 Å². The first-order valence-corrected chi connectivity index (χ1v) is 9.70. The molecule has 22 heavy (non-hydrogen) atoms. The zero-order valence-corrected chi connectivity index (χ0v) is 14.3. The van der Waals surface area contributed by atoms with Crippen molar-refractivity contribution in [2.24, 2.45) is 0 Å². The maximum atomic E-state index is 2.49. The van der Waals surface area contributed by atoms with Crippen molar-refractivity contribution in [1.29, 1.82) is 0 Å². The molecule has 0 amide bonds. The van der Waals surface area contributed by atoms with Crippen molar-refractivity contribution < 1.29 is 0 Å². The first-order valence-electron chi connectivity index (χ1n) is 7.84. The minimum absolute atomic E-state index is 0.566. The summed E-state index contributed by atoms with van der Waals surface area (Å²) < 4.78 is 2.49. The van der Waals surface area contributed by atoms with E-state index in [1.165, 1.54) is 33.0 Å². The largest absolute Gasteiger partial charge is 0.336 e. The van der Waals surface area contributed by atoms with Gasteiger partial charge in [-0.1, -0.05) is 36.4 Å². The number of rotatable bonds is 3. The second-order valence-corrected chi connectivity index (χ2v) is 7.90. The lowest BCUT2D eigenvalue weighted by Crippen LogP contribution is -2.06. The van der Waals surface area contributed by atoms with E-state index in [0.717, 1.165) is 6.54 Å². The quantitative estimate of drug-likeness (QED) is 0.582. The molecule has 0 bridgehead atoms. The van der Waals surface area contributed by atoms with Gasteiger partial charge in [0.25, 0.3) is 0 Å². The maximum Gasteiger partial charge on any atom is 0.0803 e. The molecule has 1 atom stereocenters. The van der Waals surface area contributed by atoms with E-state index in [9.17, 15) is 0 Å². The average molecular weight is 326 g/mol.